The van der Waals surface area contributed by atoms with Gasteiger partial charge in [-0.25, -0.2) is 8.42 Å². The Balaban J connectivity index is 1.43. The molecule has 0 radical (unpaired) electrons. The van der Waals surface area contributed by atoms with Crippen LogP contribution in [-0.2, 0) is 30.8 Å². The number of nitrogens with zero attached hydrogens (tertiary/aromatic N) is 2. The van der Waals surface area contributed by atoms with Gasteiger partial charge in [-0.1, -0.05) is 12.1 Å². The van der Waals surface area contributed by atoms with Crippen molar-refractivity contribution in [2.24, 2.45) is 0 Å². The van der Waals surface area contributed by atoms with Gasteiger partial charge in [-0.3, -0.25) is 14.5 Å². The molecule has 4 rings (SSSR count). The van der Waals surface area contributed by atoms with Gasteiger partial charge in [-0.15, -0.1) is 11.8 Å². The first kappa shape index (κ1) is 24.5. The minimum Gasteiger partial charge on any atom is -0.482 e. The Morgan fingerprint density at radius 2 is 1.85 bits per heavy atom. The number of carbonyl (C=O) groups is 2. The number of fused-ring (bicyclic) bond motifs is 1. The average Bonchev–Trinajstić information content (AvgIpc) is 2.86. The lowest BCUT2D eigenvalue weighted by molar-refractivity contribution is -0.125. The van der Waals surface area contributed by atoms with Crippen molar-refractivity contribution in [3.05, 3.63) is 48.0 Å². The highest BCUT2D eigenvalue weighted by atomic mass is 32.2. The second-order valence-corrected chi connectivity index (χ2v) is 10.7. The predicted molar refractivity (Wildman–Crippen MR) is 129 cm³/mol. The molecule has 1 fully saturated rings. The van der Waals surface area contributed by atoms with Gasteiger partial charge in [0.2, 0.25) is 15.9 Å². The molecule has 2 aromatic rings. The Kier molecular flexibility index (Phi) is 7.77. The number of hydrogen-bond acceptors (Lipinski definition) is 7. The first-order valence-electron chi connectivity index (χ1n) is 10.9. The number of ether oxygens (including phenoxy) is 2. The summed E-state index contributed by atoms with van der Waals surface area (Å²) in [5.74, 6) is -0.373. The number of carbonyl (C=O) groups excluding carboxylic acids is 2. The number of nitrogens with one attached hydrogen (secondary N) is 1. The average molecular weight is 506 g/mol. The van der Waals surface area contributed by atoms with Gasteiger partial charge >= 0.3 is 0 Å². The lowest BCUT2D eigenvalue weighted by atomic mass is 10.1. The molecule has 182 valence electrons. The molecule has 1 N–H and O–H groups in total. The van der Waals surface area contributed by atoms with Gasteiger partial charge in [0.15, 0.2) is 6.61 Å². The summed E-state index contributed by atoms with van der Waals surface area (Å²) in [6.45, 7) is 1.19. The number of rotatable bonds is 8. The van der Waals surface area contributed by atoms with Crippen molar-refractivity contribution in [1.82, 2.24) is 9.62 Å². The minimum absolute atomic E-state index is 0.0468. The van der Waals surface area contributed by atoms with E-state index in [0.717, 1.165) is 5.56 Å². The zero-order chi connectivity index (χ0) is 24.1. The van der Waals surface area contributed by atoms with Crippen LogP contribution in [0.15, 0.2) is 52.3 Å². The summed E-state index contributed by atoms with van der Waals surface area (Å²) in [6, 6.07) is 12.5. The molecule has 0 aliphatic carbocycles. The van der Waals surface area contributed by atoms with Crippen molar-refractivity contribution < 1.29 is 27.5 Å². The number of thioether (sulfide) groups is 1. The molecule has 2 amide bonds. The third-order valence-electron chi connectivity index (χ3n) is 5.68. The summed E-state index contributed by atoms with van der Waals surface area (Å²) in [4.78, 5) is 27.6. The molecule has 0 atom stereocenters. The van der Waals surface area contributed by atoms with Gasteiger partial charge in [0.25, 0.3) is 5.91 Å². The second kappa shape index (κ2) is 10.8. The number of benzene rings is 2. The zero-order valence-electron chi connectivity index (χ0n) is 18.9. The zero-order valence-corrected chi connectivity index (χ0v) is 20.5. The monoisotopic (exact) mass is 505 g/mol. The maximum absolute atomic E-state index is 13.0. The van der Waals surface area contributed by atoms with E-state index in [-0.39, 0.29) is 42.7 Å². The lowest BCUT2D eigenvalue weighted by Gasteiger charge is -2.30. The summed E-state index contributed by atoms with van der Waals surface area (Å²) < 4.78 is 38.2. The molecule has 34 heavy (non-hydrogen) atoms. The molecule has 1 saturated heterocycles. The molecular weight excluding hydrogens is 478 g/mol. The molecule has 9 nitrogen and oxygen atoms in total. The molecule has 0 unspecified atom stereocenters. The van der Waals surface area contributed by atoms with Crippen molar-refractivity contribution in [3.63, 3.8) is 0 Å². The standard InChI is InChI=1S/C23H27N3O6S2/c1-33-18-4-2-17(3-5-18)8-9-24-22(27)15-26-20-14-19(6-7-21(20)32-16-23(26)28)34(29,30)25-10-12-31-13-11-25/h2-7,14H,8-13,15-16H2,1H3,(H,24,27). The van der Waals surface area contributed by atoms with Crippen molar-refractivity contribution >= 4 is 39.3 Å². The topological polar surface area (TPSA) is 105 Å². The highest BCUT2D eigenvalue weighted by Gasteiger charge is 2.31. The number of hydrogen-bond donors (Lipinski definition) is 1. The SMILES string of the molecule is CSc1ccc(CCNC(=O)CN2C(=O)COc3ccc(S(=O)(=O)N4CCOCC4)cc32)cc1. The van der Waals surface area contributed by atoms with E-state index < -0.39 is 15.9 Å². The molecular formula is C23H27N3O6S2. The normalized spacial score (nSPS) is 16.6. The van der Waals surface area contributed by atoms with E-state index in [0.29, 0.717) is 31.9 Å². The maximum atomic E-state index is 13.0. The van der Waals surface area contributed by atoms with Crippen LogP contribution in [0.3, 0.4) is 0 Å². The van der Waals surface area contributed by atoms with Crippen LogP contribution < -0.4 is 15.0 Å². The van der Waals surface area contributed by atoms with E-state index in [1.807, 2.05) is 30.5 Å². The number of anilines is 1. The molecule has 0 aromatic heterocycles. The van der Waals surface area contributed by atoms with E-state index in [4.69, 9.17) is 9.47 Å². The molecule has 0 spiro atoms. The number of sulfonamides is 1. The lowest BCUT2D eigenvalue weighted by Crippen LogP contribution is -2.45. The van der Waals surface area contributed by atoms with Crippen LogP contribution in [0.4, 0.5) is 5.69 Å². The van der Waals surface area contributed by atoms with Crippen molar-refractivity contribution in [3.8, 4) is 5.75 Å². The largest absolute Gasteiger partial charge is 0.482 e. The van der Waals surface area contributed by atoms with Gasteiger partial charge in [-0.05, 0) is 48.6 Å². The van der Waals surface area contributed by atoms with E-state index in [9.17, 15) is 18.0 Å². The Bertz CT molecular complexity index is 1150. The van der Waals surface area contributed by atoms with E-state index >= 15 is 0 Å². The molecule has 0 bridgehead atoms. The van der Waals surface area contributed by atoms with Crippen LogP contribution in [-0.4, -0.2) is 76.8 Å². The summed E-state index contributed by atoms with van der Waals surface area (Å²) in [6.07, 6.45) is 2.68. The molecule has 2 aliphatic rings. The summed E-state index contributed by atoms with van der Waals surface area (Å²) in [7, 11) is -3.76. The summed E-state index contributed by atoms with van der Waals surface area (Å²) >= 11 is 1.67. The fourth-order valence-electron chi connectivity index (χ4n) is 3.79. The third kappa shape index (κ3) is 5.54. The minimum atomic E-state index is -3.76. The first-order chi connectivity index (χ1) is 16.4. The van der Waals surface area contributed by atoms with Crippen LogP contribution in [0.25, 0.3) is 0 Å². The van der Waals surface area contributed by atoms with Crippen LogP contribution in [0.1, 0.15) is 5.56 Å². The Morgan fingerprint density at radius 1 is 1.12 bits per heavy atom. The van der Waals surface area contributed by atoms with E-state index in [1.165, 1.54) is 32.3 Å². The summed E-state index contributed by atoms with van der Waals surface area (Å²) in [5.41, 5.74) is 1.37. The van der Waals surface area contributed by atoms with Gasteiger partial charge in [0, 0.05) is 24.5 Å². The smallest absolute Gasteiger partial charge is 0.265 e. The fraction of sp³-hybridized carbons (Fsp3) is 0.391. The molecule has 2 heterocycles. The van der Waals surface area contributed by atoms with E-state index in [2.05, 4.69) is 5.32 Å². The van der Waals surface area contributed by atoms with Crippen LogP contribution in [0, 0.1) is 0 Å². The highest BCUT2D eigenvalue weighted by molar-refractivity contribution is 7.98. The highest BCUT2D eigenvalue weighted by Crippen LogP contribution is 2.35. The number of morpholine rings is 1. The van der Waals surface area contributed by atoms with Crippen LogP contribution >= 0.6 is 11.8 Å². The predicted octanol–water partition coefficient (Wildman–Crippen LogP) is 1.51. The molecule has 2 aliphatic heterocycles. The second-order valence-electron chi connectivity index (χ2n) is 7.86. The quantitative estimate of drug-likeness (QED) is 0.542. The van der Waals surface area contributed by atoms with Gasteiger partial charge in [-0.2, -0.15) is 4.31 Å². The number of amides is 2. The van der Waals surface area contributed by atoms with Crippen molar-refractivity contribution in [2.75, 3.05) is 57.2 Å². The van der Waals surface area contributed by atoms with E-state index in [1.54, 1.807) is 11.8 Å². The Hall–Kier alpha value is -2.60. The first-order valence-corrected chi connectivity index (χ1v) is 13.6. The van der Waals surface area contributed by atoms with Crippen LogP contribution in [0.2, 0.25) is 0 Å². The van der Waals surface area contributed by atoms with Crippen LogP contribution in [0.5, 0.6) is 5.75 Å². The fourth-order valence-corrected chi connectivity index (χ4v) is 5.63. The van der Waals surface area contributed by atoms with Gasteiger partial charge in [0.1, 0.15) is 12.3 Å². The molecule has 2 aromatic carbocycles. The molecule has 0 saturated carbocycles. The Labute approximate surface area is 203 Å². The van der Waals surface area contributed by atoms with Gasteiger partial charge < -0.3 is 14.8 Å². The maximum Gasteiger partial charge on any atom is 0.265 e. The van der Waals surface area contributed by atoms with Crippen molar-refractivity contribution in [1.29, 1.82) is 0 Å². The van der Waals surface area contributed by atoms with Gasteiger partial charge in [0.05, 0.1) is 23.8 Å². The summed E-state index contributed by atoms with van der Waals surface area (Å²) in [5, 5.41) is 2.84. The Morgan fingerprint density at radius 3 is 2.56 bits per heavy atom. The third-order valence-corrected chi connectivity index (χ3v) is 8.32. The van der Waals surface area contributed by atoms with Crippen molar-refractivity contribution in [2.45, 2.75) is 16.2 Å². The molecule has 11 heteroatoms.